The van der Waals surface area contributed by atoms with Gasteiger partial charge >= 0.3 is 31.3 Å². The molecule has 13 nitrogen and oxygen atoms in total. The molecule has 0 aliphatic heterocycles. The van der Waals surface area contributed by atoms with E-state index in [9.17, 15) is 28.0 Å². The van der Waals surface area contributed by atoms with Crippen LogP contribution >= 0.6 is 31.3 Å². The van der Waals surface area contributed by atoms with Crippen LogP contribution in [0.3, 0.4) is 0 Å². The molecule has 0 fully saturated rings. The van der Waals surface area contributed by atoms with Crippen LogP contribution in [0.4, 0.5) is 0 Å². The number of rotatable bonds is 24. The smallest absolute Gasteiger partial charge is 0.302 e. The van der Waals surface area contributed by atoms with Crippen LogP contribution in [-0.2, 0) is 40.2 Å². The van der Waals surface area contributed by atoms with Gasteiger partial charge in [-0.1, -0.05) is 69.9 Å². The lowest BCUT2D eigenvalue weighted by Crippen LogP contribution is -2.02. The van der Waals surface area contributed by atoms with Crippen molar-refractivity contribution in [3.8, 4) is 0 Å². The number of phosphoric ester groups is 1. The standard InChI is InChI=1S/C30H54O13P4/c1-25(2)13-9-15-27(5)17-11-19-29(7)21-23-39-47(38,43-46(36,37)42-45(34,35)41-44(31,32)33)40-24-22-30(8)20-12-18-28(6)16-10-14-26(3)4/h13-14,17-18,21-22H,9-12,15-16,19-20,23-24H2,1-8H3,(H,34,35)(H,36,37)(H2,31,32,33). The summed E-state index contributed by atoms with van der Waals surface area (Å²) in [6, 6.07) is 0. The van der Waals surface area contributed by atoms with E-state index in [4.69, 9.17) is 18.8 Å². The van der Waals surface area contributed by atoms with Crippen LogP contribution < -0.4 is 0 Å². The molecular formula is C30H54O13P4. The van der Waals surface area contributed by atoms with E-state index < -0.39 is 31.3 Å². The van der Waals surface area contributed by atoms with Crippen LogP contribution in [0.2, 0.25) is 0 Å². The second kappa shape index (κ2) is 22.7. The molecule has 47 heavy (non-hydrogen) atoms. The molecule has 0 aromatic rings. The van der Waals surface area contributed by atoms with Crippen molar-refractivity contribution >= 4 is 31.3 Å². The minimum absolute atomic E-state index is 0.387. The van der Waals surface area contributed by atoms with Gasteiger partial charge in [0.05, 0.1) is 13.2 Å². The fourth-order valence-electron chi connectivity index (χ4n) is 3.72. The Bertz CT molecular complexity index is 1300. The lowest BCUT2D eigenvalue weighted by Gasteiger charge is -2.20. The first-order valence-corrected chi connectivity index (χ1v) is 21.1. The second-order valence-electron chi connectivity index (χ2n) is 11.6. The summed E-state index contributed by atoms with van der Waals surface area (Å²) in [5.41, 5.74) is 6.72. The maximum atomic E-state index is 13.3. The van der Waals surface area contributed by atoms with E-state index in [0.29, 0.717) is 12.8 Å². The van der Waals surface area contributed by atoms with Gasteiger partial charge in [-0.3, -0.25) is 9.05 Å². The molecule has 0 bridgehead atoms. The minimum Gasteiger partial charge on any atom is -0.302 e. The van der Waals surface area contributed by atoms with Gasteiger partial charge in [-0.05, 0) is 107 Å². The Morgan fingerprint density at radius 2 is 0.787 bits per heavy atom. The van der Waals surface area contributed by atoms with Crippen LogP contribution in [0.25, 0.3) is 0 Å². The zero-order valence-electron chi connectivity index (χ0n) is 28.8. The SMILES string of the molecule is CC(C)=CCCC(C)=CCCC(C)=CCOP(=O)(OCC=C(C)CCC=C(C)CCC=C(C)C)OP(=O)(O)OP(=O)(O)OP(=O)(O)O. The number of allylic oxidation sites excluding steroid dienone is 10. The van der Waals surface area contributed by atoms with Crippen molar-refractivity contribution in [1.82, 2.24) is 0 Å². The average molecular weight is 747 g/mol. The Morgan fingerprint density at radius 1 is 0.468 bits per heavy atom. The van der Waals surface area contributed by atoms with Crippen molar-refractivity contribution in [2.24, 2.45) is 0 Å². The number of hydrogen-bond donors (Lipinski definition) is 4. The Morgan fingerprint density at radius 3 is 1.13 bits per heavy atom. The number of phosphoric acid groups is 4. The highest BCUT2D eigenvalue weighted by Crippen LogP contribution is 2.71. The quantitative estimate of drug-likeness (QED) is 0.0538. The molecule has 0 amide bonds. The van der Waals surface area contributed by atoms with Crippen molar-refractivity contribution in [3.05, 3.63) is 69.9 Å². The minimum atomic E-state index is -5.85. The van der Waals surface area contributed by atoms with Gasteiger partial charge in [0.25, 0.3) is 0 Å². The third kappa shape index (κ3) is 27.5. The van der Waals surface area contributed by atoms with Crippen LogP contribution in [0.1, 0.15) is 107 Å². The molecular weight excluding hydrogens is 692 g/mol. The molecule has 4 N–H and O–H groups in total. The largest absolute Gasteiger partial charge is 0.490 e. The van der Waals surface area contributed by atoms with Gasteiger partial charge in [0.2, 0.25) is 0 Å². The van der Waals surface area contributed by atoms with Gasteiger partial charge in [-0.25, -0.2) is 18.3 Å². The molecule has 0 saturated heterocycles. The van der Waals surface area contributed by atoms with Crippen LogP contribution in [0.5, 0.6) is 0 Å². The first-order valence-electron chi connectivity index (χ1n) is 15.2. The monoisotopic (exact) mass is 746 g/mol. The first-order chi connectivity index (χ1) is 21.5. The summed E-state index contributed by atoms with van der Waals surface area (Å²) in [6.45, 7) is 15.2. The summed E-state index contributed by atoms with van der Waals surface area (Å²) in [4.78, 5) is 37.0. The maximum Gasteiger partial charge on any atom is 0.490 e. The first kappa shape index (κ1) is 46.0. The fourth-order valence-corrected chi connectivity index (χ4v) is 8.60. The van der Waals surface area contributed by atoms with E-state index >= 15 is 0 Å². The highest BCUT2D eigenvalue weighted by Gasteiger charge is 2.46. The van der Waals surface area contributed by atoms with Crippen LogP contribution in [-0.4, -0.2) is 32.8 Å². The molecule has 0 heterocycles. The Kier molecular flexibility index (Phi) is 22.2. The Labute approximate surface area is 280 Å². The molecule has 0 saturated carbocycles. The average Bonchev–Trinajstić information content (AvgIpc) is 2.85. The molecule has 0 rings (SSSR count). The Balaban J connectivity index is 5.51. The van der Waals surface area contributed by atoms with E-state index in [1.165, 1.54) is 22.3 Å². The van der Waals surface area contributed by atoms with Crippen molar-refractivity contribution in [2.45, 2.75) is 107 Å². The zero-order valence-corrected chi connectivity index (χ0v) is 32.4. The van der Waals surface area contributed by atoms with Crippen LogP contribution in [0.15, 0.2) is 69.9 Å². The van der Waals surface area contributed by atoms with E-state index in [2.05, 4.69) is 78.8 Å². The molecule has 0 aliphatic carbocycles. The molecule has 0 spiro atoms. The van der Waals surface area contributed by atoms with E-state index in [1.807, 2.05) is 13.8 Å². The second-order valence-corrected chi connectivity index (χ2v) is 17.9. The van der Waals surface area contributed by atoms with Crippen LogP contribution in [0, 0.1) is 0 Å². The van der Waals surface area contributed by atoms with Crippen molar-refractivity contribution in [2.75, 3.05) is 13.2 Å². The van der Waals surface area contributed by atoms with Crippen molar-refractivity contribution in [1.29, 1.82) is 0 Å². The Hall–Kier alpha value is -1.00. The van der Waals surface area contributed by atoms with E-state index in [-0.39, 0.29) is 13.2 Å². The normalized spacial score (nSPS) is 17.4. The molecule has 2 unspecified atom stereocenters. The summed E-state index contributed by atoms with van der Waals surface area (Å²) < 4.78 is 70.8. The zero-order chi connectivity index (χ0) is 36.3. The van der Waals surface area contributed by atoms with Crippen molar-refractivity contribution in [3.63, 3.8) is 0 Å². The summed E-state index contributed by atoms with van der Waals surface area (Å²) in [6.07, 6.45) is 18.3. The molecule has 0 aliphatic rings. The van der Waals surface area contributed by atoms with Gasteiger partial charge < -0.3 is 19.6 Å². The molecule has 2 atom stereocenters. The summed E-state index contributed by atoms with van der Waals surface area (Å²) >= 11 is 0. The lowest BCUT2D eigenvalue weighted by molar-refractivity contribution is 0.154. The third-order valence-electron chi connectivity index (χ3n) is 6.19. The predicted molar refractivity (Wildman–Crippen MR) is 185 cm³/mol. The van der Waals surface area contributed by atoms with E-state index in [1.54, 1.807) is 12.2 Å². The summed E-state index contributed by atoms with van der Waals surface area (Å²) in [5.74, 6) is 0. The summed E-state index contributed by atoms with van der Waals surface area (Å²) in [7, 11) is -22.2. The van der Waals surface area contributed by atoms with Gasteiger partial charge in [0.1, 0.15) is 0 Å². The molecule has 0 radical (unpaired) electrons. The highest BCUT2D eigenvalue weighted by atomic mass is 31.3. The number of hydrogen-bond acceptors (Lipinski definition) is 9. The third-order valence-corrected chi connectivity index (χ3v) is 12.1. The molecule has 0 aromatic carbocycles. The predicted octanol–water partition coefficient (Wildman–Crippen LogP) is 10.3. The van der Waals surface area contributed by atoms with Gasteiger partial charge in [-0.2, -0.15) is 12.9 Å². The highest BCUT2D eigenvalue weighted by molar-refractivity contribution is 7.69. The fraction of sp³-hybridized carbons (Fsp3) is 0.600. The summed E-state index contributed by atoms with van der Waals surface area (Å²) in [5, 5.41) is 0. The van der Waals surface area contributed by atoms with E-state index in [0.717, 1.165) is 49.7 Å². The molecule has 0 aromatic heterocycles. The molecule has 272 valence electrons. The van der Waals surface area contributed by atoms with Gasteiger partial charge in [0, 0.05) is 0 Å². The lowest BCUT2D eigenvalue weighted by atomic mass is 10.1. The van der Waals surface area contributed by atoms with Gasteiger partial charge in [-0.15, -0.1) is 0 Å². The van der Waals surface area contributed by atoms with Crippen molar-refractivity contribution < 1.29 is 59.8 Å². The maximum absolute atomic E-state index is 13.3. The molecule has 17 heteroatoms. The van der Waals surface area contributed by atoms with Gasteiger partial charge in [0.15, 0.2) is 0 Å². The topological polar surface area (TPSA) is 195 Å².